The molecule has 0 aliphatic heterocycles. The highest BCUT2D eigenvalue weighted by molar-refractivity contribution is 7.48. The van der Waals surface area contributed by atoms with Gasteiger partial charge in [-0.15, -0.1) is 0 Å². The number of carbonyl (C=O) groups is 2. The van der Waals surface area contributed by atoms with Crippen LogP contribution in [0.25, 0.3) is 0 Å². The van der Waals surface area contributed by atoms with Gasteiger partial charge < -0.3 is 29.6 Å². The van der Waals surface area contributed by atoms with Gasteiger partial charge in [0.05, 0.1) is 18.4 Å². The molecule has 0 fully saturated rings. The molecule has 0 saturated heterocycles. The second-order valence-corrected chi connectivity index (χ2v) is 7.31. The SMILES string of the molecule is O=C(Cc1ccccc1)N[C@@H](CCCCCCP(=O)([O-])[O-])C(=O)[O-]. The third-order valence-corrected chi connectivity index (χ3v) is 4.37. The average molecular weight is 354 g/mol. The molecule has 0 radical (unpaired) electrons. The number of amides is 1. The highest BCUT2D eigenvalue weighted by Gasteiger charge is 2.13. The van der Waals surface area contributed by atoms with Crippen molar-refractivity contribution in [3.63, 3.8) is 0 Å². The molecule has 24 heavy (non-hydrogen) atoms. The van der Waals surface area contributed by atoms with Gasteiger partial charge in [-0.1, -0.05) is 57.2 Å². The zero-order valence-electron chi connectivity index (χ0n) is 13.3. The third-order valence-electron chi connectivity index (χ3n) is 3.50. The maximum atomic E-state index is 11.9. The van der Waals surface area contributed by atoms with Crippen LogP contribution in [0.5, 0.6) is 0 Å². The first-order valence-corrected chi connectivity index (χ1v) is 9.56. The van der Waals surface area contributed by atoms with Crippen molar-refractivity contribution in [2.75, 3.05) is 6.16 Å². The van der Waals surface area contributed by atoms with Gasteiger partial charge in [0.2, 0.25) is 5.91 Å². The van der Waals surface area contributed by atoms with E-state index in [1.54, 1.807) is 24.3 Å². The molecule has 1 aromatic carbocycles. The summed E-state index contributed by atoms with van der Waals surface area (Å²) >= 11 is 0. The van der Waals surface area contributed by atoms with Gasteiger partial charge >= 0.3 is 0 Å². The Morgan fingerprint density at radius 3 is 2.25 bits per heavy atom. The zero-order valence-corrected chi connectivity index (χ0v) is 14.2. The monoisotopic (exact) mass is 354 g/mol. The molecule has 0 saturated carbocycles. The van der Waals surface area contributed by atoms with Crippen LogP contribution in [0.4, 0.5) is 0 Å². The van der Waals surface area contributed by atoms with Crippen LogP contribution in [0.15, 0.2) is 30.3 Å². The highest BCUT2D eigenvalue weighted by Crippen LogP contribution is 2.25. The quantitative estimate of drug-likeness (QED) is 0.414. The summed E-state index contributed by atoms with van der Waals surface area (Å²) in [5, 5.41) is 13.5. The van der Waals surface area contributed by atoms with E-state index >= 15 is 0 Å². The van der Waals surface area contributed by atoms with E-state index in [4.69, 9.17) is 0 Å². The van der Waals surface area contributed by atoms with E-state index in [1.165, 1.54) is 0 Å². The van der Waals surface area contributed by atoms with E-state index in [-0.39, 0.29) is 25.4 Å². The Balaban J connectivity index is 2.30. The van der Waals surface area contributed by atoms with Gasteiger partial charge in [0.25, 0.3) is 0 Å². The molecule has 0 aliphatic carbocycles. The number of aliphatic carboxylic acids is 1. The Kier molecular flexibility index (Phi) is 8.68. The van der Waals surface area contributed by atoms with Crippen LogP contribution in [0.3, 0.4) is 0 Å². The lowest BCUT2D eigenvalue weighted by Gasteiger charge is -2.29. The zero-order chi connectivity index (χ0) is 18.0. The van der Waals surface area contributed by atoms with Crippen LogP contribution in [-0.4, -0.2) is 24.1 Å². The Bertz CT molecular complexity index is 571. The fraction of sp³-hybridized carbons (Fsp3) is 0.500. The molecule has 8 heteroatoms. The van der Waals surface area contributed by atoms with Gasteiger partial charge in [0.1, 0.15) is 0 Å². The van der Waals surface area contributed by atoms with Crippen molar-refractivity contribution in [3.05, 3.63) is 35.9 Å². The molecule has 0 aromatic heterocycles. The predicted molar refractivity (Wildman–Crippen MR) is 82.6 cm³/mol. The van der Waals surface area contributed by atoms with E-state index in [0.29, 0.717) is 19.3 Å². The number of unbranched alkanes of at least 4 members (excludes halogenated alkanes) is 3. The molecule has 1 rings (SSSR count). The van der Waals surface area contributed by atoms with E-state index in [0.717, 1.165) is 5.56 Å². The van der Waals surface area contributed by atoms with E-state index in [1.807, 2.05) is 6.07 Å². The predicted octanol–water partition coefficient (Wildman–Crippen LogP) is -0.672. The highest BCUT2D eigenvalue weighted by atomic mass is 31.2. The minimum atomic E-state index is -4.46. The van der Waals surface area contributed by atoms with Gasteiger partial charge in [-0.25, -0.2) is 0 Å². The largest absolute Gasteiger partial charge is 0.811 e. The summed E-state index contributed by atoms with van der Waals surface area (Å²) in [5.74, 6) is -1.74. The lowest BCUT2D eigenvalue weighted by molar-refractivity contribution is -0.313. The number of carboxylic acid groups (broad SMARTS) is 1. The maximum Gasteiger partial charge on any atom is 0.224 e. The molecular formula is C16H21NO6P-3. The van der Waals surface area contributed by atoms with Gasteiger partial charge in [0.15, 0.2) is 0 Å². The van der Waals surface area contributed by atoms with Crippen LogP contribution in [0, 0.1) is 0 Å². The smallest absolute Gasteiger partial charge is 0.224 e. The maximum absolute atomic E-state index is 11.9. The Morgan fingerprint density at radius 2 is 1.67 bits per heavy atom. The second kappa shape index (κ2) is 10.2. The van der Waals surface area contributed by atoms with Crippen molar-refractivity contribution in [1.29, 1.82) is 0 Å². The van der Waals surface area contributed by atoms with Crippen molar-refractivity contribution in [2.24, 2.45) is 0 Å². The molecular weight excluding hydrogens is 333 g/mol. The molecule has 0 unspecified atom stereocenters. The lowest BCUT2D eigenvalue weighted by Crippen LogP contribution is -2.48. The molecule has 1 N–H and O–H groups in total. The summed E-state index contributed by atoms with van der Waals surface area (Å²) < 4.78 is 10.5. The van der Waals surface area contributed by atoms with Crippen molar-refractivity contribution >= 4 is 19.5 Å². The fourth-order valence-electron chi connectivity index (χ4n) is 2.28. The topological polar surface area (TPSA) is 132 Å². The van der Waals surface area contributed by atoms with Crippen LogP contribution in [-0.2, 0) is 20.6 Å². The standard InChI is InChI=1S/C16H24NO6P/c18-15(12-13-8-4-3-5-9-13)17-14(16(19)20)10-6-1-2-7-11-24(21,22)23/h3-5,8-9,14H,1-2,6-7,10-12H2,(H,17,18)(H,19,20)(H2,21,22,23)/p-3/t14-/m0/s1. The minimum absolute atomic E-state index is 0.0902. The average Bonchev–Trinajstić information content (AvgIpc) is 2.49. The Labute approximate surface area is 141 Å². The summed E-state index contributed by atoms with van der Waals surface area (Å²) in [6.45, 7) is 0. The lowest BCUT2D eigenvalue weighted by atomic mass is 10.1. The molecule has 134 valence electrons. The van der Waals surface area contributed by atoms with Crippen molar-refractivity contribution < 1.29 is 29.0 Å². The van der Waals surface area contributed by atoms with Crippen LogP contribution in [0.2, 0.25) is 0 Å². The van der Waals surface area contributed by atoms with E-state index in [9.17, 15) is 29.0 Å². The van der Waals surface area contributed by atoms with Gasteiger partial charge in [-0.3, -0.25) is 4.79 Å². The van der Waals surface area contributed by atoms with Crippen LogP contribution >= 0.6 is 7.60 Å². The molecule has 1 amide bonds. The van der Waals surface area contributed by atoms with Crippen molar-refractivity contribution in [3.8, 4) is 0 Å². The number of nitrogens with one attached hydrogen (secondary N) is 1. The van der Waals surface area contributed by atoms with Crippen LogP contribution < -0.4 is 20.2 Å². The Hall–Kier alpha value is -1.69. The molecule has 0 heterocycles. The van der Waals surface area contributed by atoms with Crippen LogP contribution in [0.1, 0.15) is 37.7 Å². The number of rotatable bonds is 11. The molecule has 0 aliphatic rings. The summed E-state index contributed by atoms with van der Waals surface area (Å²) in [6, 6.07) is 7.88. The normalized spacial score (nSPS) is 12.6. The first-order chi connectivity index (χ1) is 11.3. The minimum Gasteiger partial charge on any atom is -0.811 e. The van der Waals surface area contributed by atoms with E-state index in [2.05, 4.69) is 5.32 Å². The van der Waals surface area contributed by atoms with E-state index < -0.39 is 25.5 Å². The molecule has 1 atom stereocenters. The fourth-order valence-corrected chi connectivity index (χ4v) is 2.89. The summed E-state index contributed by atoms with van der Waals surface area (Å²) in [6.07, 6.45) is 1.77. The number of hydrogen-bond acceptors (Lipinski definition) is 6. The summed E-state index contributed by atoms with van der Waals surface area (Å²) in [4.78, 5) is 43.9. The second-order valence-electron chi connectivity index (χ2n) is 5.64. The summed E-state index contributed by atoms with van der Waals surface area (Å²) in [5.41, 5.74) is 0.784. The Morgan fingerprint density at radius 1 is 1.04 bits per heavy atom. The van der Waals surface area contributed by atoms with Gasteiger partial charge in [-0.2, -0.15) is 0 Å². The number of carbonyl (C=O) groups excluding carboxylic acids is 2. The number of hydrogen-bond donors (Lipinski definition) is 1. The first kappa shape index (κ1) is 20.4. The van der Waals surface area contributed by atoms with Crippen molar-refractivity contribution in [2.45, 2.75) is 44.6 Å². The third kappa shape index (κ3) is 9.45. The van der Waals surface area contributed by atoms with Crippen molar-refractivity contribution in [1.82, 2.24) is 5.32 Å². The summed E-state index contributed by atoms with van der Waals surface area (Å²) in [7, 11) is -4.46. The van der Waals surface area contributed by atoms with Gasteiger partial charge in [-0.05, 0) is 24.6 Å². The van der Waals surface area contributed by atoms with Gasteiger partial charge in [0, 0.05) is 0 Å². The molecule has 0 bridgehead atoms. The molecule has 1 aromatic rings. The number of carboxylic acids is 1. The first-order valence-electron chi connectivity index (χ1n) is 7.83. The molecule has 0 spiro atoms. The number of benzene rings is 1. The molecule has 7 nitrogen and oxygen atoms in total.